The van der Waals surface area contributed by atoms with E-state index >= 15 is 0 Å². The minimum Gasteiger partial charge on any atom is -0.466 e. The SMILES string of the molecule is CCCCCCCCCC=CCCC(=O)OCCCC1CC1. The van der Waals surface area contributed by atoms with Crippen molar-refractivity contribution >= 4 is 5.97 Å². The Morgan fingerprint density at radius 3 is 2.36 bits per heavy atom. The van der Waals surface area contributed by atoms with Gasteiger partial charge in [0, 0.05) is 6.42 Å². The van der Waals surface area contributed by atoms with Crippen LogP contribution >= 0.6 is 0 Å². The third-order valence-corrected chi connectivity index (χ3v) is 4.37. The molecule has 0 aromatic carbocycles. The lowest BCUT2D eigenvalue weighted by Crippen LogP contribution is -2.05. The van der Waals surface area contributed by atoms with E-state index in [9.17, 15) is 4.79 Å². The predicted molar refractivity (Wildman–Crippen MR) is 93.9 cm³/mol. The molecule has 2 heteroatoms. The zero-order valence-corrected chi connectivity index (χ0v) is 14.7. The lowest BCUT2D eigenvalue weighted by Gasteiger charge is -2.03. The van der Waals surface area contributed by atoms with Crippen molar-refractivity contribution in [1.29, 1.82) is 0 Å². The normalized spacial score (nSPS) is 14.6. The minimum absolute atomic E-state index is 0.0311. The standard InChI is InChI=1S/C20H36O2/c1-2-3-4-5-6-7-8-9-10-11-12-15-20(21)22-18-13-14-19-16-17-19/h10-11,19H,2-9,12-18H2,1H3. The fourth-order valence-corrected chi connectivity index (χ4v) is 2.69. The van der Waals surface area contributed by atoms with E-state index in [4.69, 9.17) is 4.74 Å². The fraction of sp³-hybridized carbons (Fsp3) is 0.850. The molecule has 0 radical (unpaired) electrons. The van der Waals surface area contributed by atoms with Crippen molar-refractivity contribution in [1.82, 2.24) is 0 Å². The Morgan fingerprint density at radius 2 is 1.64 bits per heavy atom. The molecular formula is C20H36O2. The van der Waals surface area contributed by atoms with Gasteiger partial charge in [-0.15, -0.1) is 0 Å². The minimum atomic E-state index is -0.0311. The maximum absolute atomic E-state index is 11.5. The van der Waals surface area contributed by atoms with E-state index in [1.54, 1.807) is 0 Å². The quantitative estimate of drug-likeness (QED) is 0.205. The highest BCUT2D eigenvalue weighted by molar-refractivity contribution is 5.69. The first-order valence-corrected chi connectivity index (χ1v) is 9.63. The van der Waals surface area contributed by atoms with Gasteiger partial charge in [-0.05, 0) is 38.0 Å². The number of ether oxygens (including phenoxy) is 1. The van der Waals surface area contributed by atoms with Crippen molar-refractivity contribution in [2.75, 3.05) is 6.61 Å². The Hall–Kier alpha value is -0.790. The molecule has 0 atom stereocenters. The van der Waals surface area contributed by atoms with Gasteiger partial charge in [0.25, 0.3) is 0 Å². The molecule has 1 aliphatic carbocycles. The number of rotatable bonds is 15. The molecule has 0 aromatic rings. The molecule has 0 amide bonds. The van der Waals surface area contributed by atoms with Gasteiger partial charge in [-0.25, -0.2) is 0 Å². The monoisotopic (exact) mass is 308 g/mol. The highest BCUT2D eigenvalue weighted by atomic mass is 16.5. The number of esters is 1. The summed E-state index contributed by atoms with van der Waals surface area (Å²) in [5, 5.41) is 0. The third kappa shape index (κ3) is 12.9. The van der Waals surface area contributed by atoms with Gasteiger partial charge in [-0.1, -0.05) is 70.4 Å². The van der Waals surface area contributed by atoms with Crippen LogP contribution in [0.2, 0.25) is 0 Å². The number of carbonyl (C=O) groups excluding carboxylic acids is 1. The highest BCUT2D eigenvalue weighted by Gasteiger charge is 2.20. The summed E-state index contributed by atoms with van der Waals surface area (Å²) in [6.07, 6.45) is 21.5. The Bertz CT molecular complexity index is 292. The summed E-state index contributed by atoms with van der Waals surface area (Å²) in [5.41, 5.74) is 0. The first kappa shape index (κ1) is 19.3. The Labute approximate surface area is 137 Å². The summed E-state index contributed by atoms with van der Waals surface area (Å²) in [4.78, 5) is 11.5. The molecule has 22 heavy (non-hydrogen) atoms. The summed E-state index contributed by atoms with van der Waals surface area (Å²) in [6.45, 7) is 2.88. The Morgan fingerprint density at radius 1 is 0.955 bits per heavy atom. The zero-order valence-electron chi connectivity index (χ0n) is 14.7. The Kier molecular flexibility index (Phi) is 12.1. The summed E-state index contributed by atoms with van der Waals surface area (Å²) in [5.74, 6) is 0.907. The first-order chi connectivity index (χ1) is 10.8. The van der Waals surface area contributed by atoms with Crippen LogP contribution in [-0.2, 0) is 9.53 Å². The van der Waals surface area contributed by atoms with Crippen molar-refractivity contribution in [2.45, 2.75) is 96.8 Å². The van der Waals surface area contributed by atoms with E-state index in [1.807, 2.05) is 0 Å². The number of hydrogen-bond donors (Lipinski definition) is 0. The first-order valence-electron chi connectivity index (χ1n) is 9.63. The summed E-state index contributed by atoms with van der Waals surface area (Å²) < 4.78 is 5.24. The van der Waals surface area contributed by atoms with Crippen LogP contribution in [0, 0.1) is 5.92 Å². The lowest BCUT2D eigenvalue weighted by molar-refractivity contribution is -0.143. The van der Waals surface area contributed by atoms with E-state index in [0.29, 0.717) is 13.0 Å². The largest absolute Gasteiger partial charge is 0.466 e. The molecule has 128 valence electrons. The molecule has 0 spiro atoms. The smallest absolute Gasteiger partial charge is 0.306 e. The number of carbonyl (C=O) groups is 1. The van der Waals surface area contributed by atoms with Gasteiger partial charge in [0.2, 0.25) is 0 Å². The van der Waals surface area contributed by atoms with Gasteiger partial charge in [-0.2, -0.15) is 0 Å². The van der Waals surface area contributed by atoms with E-state index < -0.39 is 0 Å². The molecule has 0 saturated heterocycles. The van der Waals surface area contributed by atoms with Crippen LogP contribution in [0.1, 0.15) is 96.8 Å². The molecule has 1 saturated carbocycles. The van der Waals surface area contributed by atoms with Crippen LogP contribution in [0.5, 0.6) is 0 Å². The van der Waals surface area contributed by atoms with Crippen LogP contribution in [0.25, 0.3) is 0 Å². The number of allylic oxidation sites excluding steroid dienone is 2. The number of unbranched alkanes of at least 4 members (excludes halogenated alkanes) is 7. The molecule has 0 N–H and O–H groups in total. The number of hydrogen-bond acceptors (Lipinski definition) is 2. The molecule has 0 heterocycles. The molecule has 0 aliphatic heterocycles. The molecule has 0 unspecified atom stereocenters. The summed E-state index contributed by atoms with van der Waals surface area (Å²) in [6, 6.07) is 0. The van der Waals surface area contributed by atoms with Gasteiger partial charge in [0.1, 0.15) is 0 Å². The fourth-order valence-electron chi connectivity index (χ4n) is 2.69. The lowest BCUT2D eigenvalue weighted by atomic mass is 10.1. The zero-order chi connectivity index (χ0) is 15.9. The maximum atomic E-state index is 11.5. The van der Waals surface area contributed by atoms with Gasteiger partial charge in [-0.3, -0.25) is 4.79 Å². The second-order valence-corrected chi connectivity index (χ2v) is 6.73. The predicted octanol–water partition coefficient (Wildman–Crippen LogP) is 6.20. The average Bonchev–Trinajstić information content (AvgIpc) is 3.33. The second kappa shape index (κ2) is 13.8. The molecule has 0 bridgehead atoms. The highest BCUT2D eigenvalue weighted by Crippen LogP contribution is 2.33. The van der Waals surface area contributed by atoms with E-state index in [0.717, 1.165) is 25.2 Å². The topological polar surface area (TPSA) is 26.3 Å². The molecule has 0 aromatic heterocycles. The summed E-state index contributed by atoms with van der Waals surface area (Å²) >= 11 is 0. The Balaban J connectivity index is 1.77. The molecule has 1 fully saturated rings. The third-order valence-electron chi connectivity index (χ3n) is 4.37. The molecule has 2 nitrogen and oxygen atoms in total. The van der Waals surface area contributed by atoms with E-state index in [-0.39, 0.29) is 5.97 Å². The van der Waals surface area contributed by atoms with Crippen molar-refractivity contribution in [3.8, 4) is 0 Å². The van der Waals surface area contributed by atoms with E-state index in [1.165, 1.54) is 64.2 Å². The molecular weight excluding hydrogens is 272 g/mol. The van der Waals surface area contributed by atoms with Crippen molar-refractivity contribution in [2.24, 2.45) is 5.92 Å². The van der Waals surface area contributed by atoms with Crippen LogP contribution in [0.4, 0.5) is 0 Å². The van der Waals surface area contributed by atoms with E-state index in [2.05, 4.69) is 19.1 Å². The average molecular weight is 309 g/mol. The van der Waals surface area contributed by atoms with Crippen LogP contribution in [0.3, 0.4) is 0 Å². The van der Waals surface area contributed by atoms with Gasteiger partial charge >= 0.3 is 5.97 Å². The summed E-state index contributed by atoms with van der Waals surface area (Å²) in [7, 11) is 0. The molecule has 1 aliphatic rings. The van der Waals surface area contributed by atoms with Crippen molar-refractivity contribution < 1.29 is 9.53 Å². The molecule has 1 rings (SSSR count). The van der Waals surface area contributed by atoms with Crippen LogP contribution < -0.4 is 0 Å². The second-order valence-electron chi connectivity index (χ2n) is 6.73. The van der Waals surface area contributed by atoms with Gasteiger partial charge in [0.15, 0.2) is 0 Å². The van der Waals surface area contributed by atoms with Crippen LogP contribution in [-0.4, -0.2) is 12.6 Å². The van der Waals surface area contributed by atoms with Crippen LogP contribution in [0.15, 0.2) is 12.2 Å². The van der Waals surface area contributed by atoms with Gasteiger partial charge < -0.3 is 4.74 Å². The maximum Gasteiger partial charge on any atom is 0.306 e. The van der Waals surface area contributed by atoms with Crippen molar-refractivity contribution in [3.63, 3.8) is 0 Å². The van der Waals surface area contributed by atoms with Crippen molar-refractivity contribution in [3.05, 3.63) is 12.2 Å². The van der Waals surface area contributed by atoms with Gasteiger partial charge in [0.05, 0.1) is 6.61 Å².